The minimum atomic E-state index is -0.221. The number of aromatic amines is 1. The minimum Gasteiger partial charge on any atom is -0.378 e. The van der Waals surface area contributed by atoms with Crippen LogP contribution in [0.3, 0.4) is 0 Å². The zero-order chi connectivity index (χ0) is 25.8. The first kappa shape index (κ1) is 24.4. The van der Waals surface area contributed by atoms with Gasteiger partial charge in [-0.2, -0.15) is 10.4 Å². The molecule has 2 aliphatic heterocycles. The standard InChI is InChI=1S/C26H28N8O3/c1-18-21(15-30-31-26(18)36)34-16-20-3-2-7-28-25(20)22(34)17-37-12-6-24(35)33-10-8-32(9-11-33)23-5-4-19(13-27)14-29-23/h2-5,7,14-15,22H,6,8-12,16-17H2,1H3,(H,31,36). The molecule has 0 radical (unpaired) electrons. The van der Waals surface area contributed by atoms with E-state index in [4.69, 9.17) is 10.00 Å². The number of hydrogen-bond acceptors (Lipinski definition) is 9. The van der Waals surface area contributed by atoms with Gasteiger partial charge in [0, 0.05) is 50.7 Å². The van der Waals surface area contributed by atoms with Crippen molar-refractivity contribution in [3.05, 3.63) is 75.6 Å². The largest absolute Gasteiger partial charge is 0.378 e. The molecule has 5 rings (SSSR count). The van der Waals surface area contributed by atoms with Gasteiger partial charge in [-0.25, -0.2) is 10.1 Å². The lowest BCUT2D eigenvalue weighted by molar-refractivity contribution is -0.132. The van der Waals surface area contributed by atoms with Crippen molar-refractivity contribution in [2.45, 2.75) is 25.9 Å². The molecule has 1 saturated heterocycles. The Bertz CT molecular complexity index is 1360. The lowest BCUT2D eigenvalue weighted by atomic mass is 10.1. The number of nitrogens with zero attached hydrogens (tertiary/aromatic N) is 7. The molecule has 0 aliphatic carbocycles. The third-order valence-corrected chi connectivity index (χ3v) is 6.92. The fraction of sp³-hybridized carbons (Fsp3) is 0.385. The Morgan fingerprint density at radius 3 is 2.78 bits per heavy atom. The van der Waals surface area contributed by atoms with Gasteiger partial charge in [0.1, 0.15) is 11.9 Å². The van der Waals surface area contributed by atoms with Crippen LogP contribution in [-0.4, -0.2) is 70.4 Å². The van der Waals surface area contributed by atoms with Crippen molar-refractivity contribution in [3.8, 4) is 6.07 Å². The summed E-state index contributed by atoms with van der Waals surface area (Å²) < 4.78 is 5.99. The molecule has 1 atom stereocenters. The number of piperazine rings is 1. The molecule has 0 spiro atoms. The second kappa shape index (κ2) is 10.8. The van der Waals surface area contributed by atoms with Gasteiger partial charge in [-0.1, -0.05) is 6.07 Å². The molecule has 0 bridgehead atoms. The van der Waals surface area contributed by atoms with Crippen LogP contribution < -0.4 is 15.4 Å². The van der Waals surface area contributed by atoms with Gasteiger partial charge in [0.25, 0.3) is 5.56 Å². The topological polar surface area (TPSA) is 131 Å². The Kier molecular flexibility index (Phi) is 7.09. The van der Waals surface area contributed by atoms with E-state index in [0.717, 1.165) is 22.8 Å². The molecule has 11 nitrogen and oxygen atoms in total. The summed E-state index contributed by atoms with van der Waals surface area (Å²) in [6, 6.07) is 9.43. The van der Waals surface area contributed by atoms with Gasteiger partial charge in [0.15, 0.2) is 0 Å². The maximum absolute atomic E-state index is 12.8. The number of aromatic nitrogens is 4. The average molecular weight is 501 g/mol. The predicted octanol–water partition coefficient (Wildman–Crippen LogP) is 1.56. The molecular formula is C26H28N8O3. The fourth-order valence-corrected chi connectivity index (χ4v) is 4.82. The normalized spacial score (nSPS) is 17.0. The number of hydrogen-bond donors (Lipinski definition) is 1. The van der Waals surface area contributed by atoms with E-state index in [1.807, 2.05) is 23.1 Å². The Labute approximate surface area is 214 Å². The molecule has 37 heavy (non-hydrogen) atoms. The number of anilines is 2. The minimum absolute atomic E-state index is 0.0591. The fourth-order valence-electron chi connectivity index (χ4n) is 4.82. The first-order valence-corrected chi connectivity index (χ1v) is 12.3. The maximum Gasteiger partial charge on any atom is 0.269 e. The van der Waals surface area contributed by atoms with Crippen LogP contribution >= 0.6 is 0 Å². The maximum atomic E-state index is 12.8. The van der Waals surface area contributed by atoms with E-state index >= 15 is 0 Å². The van der Waals surface area contributed by atoms with Crippen LogP contribution in [0.4, 0.5) is 11.5 Å². The molecule has 190 valence electrons. The monoisotopic (exact) mass is 500 g/mol. The number of nitrogens with one attached hydrogen (secondary N) is 1. The number of carbonyl (C=O) groups is 1. The first-order valence-electron chi connectivity index (χ1n) is 12.3. The number of rotatable bonds is 7. The van der Waals surface area contributed by atoms with Crippen molar-refractivity contribution in [1.82, 2.24) is 25.1 Å². The van der Waals surface area contributed by atoms with E-state index in [-0.39, 0.29) is 17.5 Å². The number of amides is 1. The second-order valence-electron chi connectivity index (χ2n) is 9.11. The van der Waals surface area contributed by atoms with Crippen molar-refractivity contribution >= 4 is 17.4 Å². The van der Waals surface area contributed by atoms with E-state index in [9.17, 15) is 9.59 Å². The van der Waals surface area contributed by atoms with Crippen LogP contribution in [0.25, 0.3) is 0 Å². The highest BCUT2D eigenvalue weighted by atomic mass is 16.5. The van der Waals surface area contributed by atoms with Crippen molar-refractivity contribution < 1.29 is 9.53 Å². The number of H-pyrrole nitrogens is 1. The summed E-state index contributed by atoms with van der Waals surface area (Å²) >= 11 is 0. The smallest absolute Gasteiger partial charge is 0.269 e. The number of ether oxygens (including phenoxy) is 1. The third-order valence-electron chi connectivity index (χ3n) is 6.92. The highest BCUT2D eigenvalue weighted by Gasteiger charge is 2.33. The van der Waals surface area contributed by atoms with E-state index < -0.39 is 0 Å². The van der Waals surface area contributed by atoms with Gasteiger partial charge in [-0.05, 0) is 30.7 Å². The number of pyridine rings is 2. The lowest BCUT2D eigenvalue weighted by Gasteiger charge is -2.35. The molecule has 1 N–H and O–H groups in total. The SMILES string of the molecule is Cc1c(N2Cc3cccnc3C2COCCC(=O)N2CCN(c3ccc(C#N)cn3)CC2)cn[nH]c1=O. The average Bonchev–Trinajstić information content (AvgIpc) is 3.31. The Morgan fingerprint density at radius 1 is 1.19 bits per heavy atom. The van der Waals surface area contributed by atoms with Gasteiger partial charge in [0.2, 0.25) is 5.91 Å². The predicted molar refractivity (Wildman–Crippen MR) is 136 cm³/mol. The van der Waals surface area contributed by atoms with Crippen LogP contribution in [0.1, 0.15) is 34.8 Å². The quantitative estimate of drug-likeness (QED) is 0.480. The molecule has 1 unspecified atom stereocenters. The van der Waals surface area contributed by atoms with Crippen molar-refractivity contribution in [3.63, 3.8) is 0 Å². The number of fused-ring (bicyclic) bond motifs is 1. The summed E-state index contributed by atoms with van der Waals surface area (Å²) in [5.74, 6) is 0.874. The Morgan fingerprint density at radius 2 is 2.03 bits per heavy atom. The van der Waals surface area contributed by atoms with Crippen LogP contribution in [0.5, 0.6) is 0 Å². The summed E-state index contributed by atoms with van der Waals surface area (Å²) in [5.41, 5.74) is 3.66. The molecule has 2 aliphatic rings. The lowest BCUT2D eigenvalue weighted by Crippen LogP contribution is -2.49. The van der Waals surface area contributed by atoms with E-state index in [0.29, 0.717) is 63.5 Å². The van der Waals surface area contributed by atoms with Crippen LogP contribution in [0, 0.1) is 18.3 Å². The van der Waals surface area contributed by atoms with Crippen molar-refractivity contribution in [1.29, 1.82) is 5.26 Å². The highest BCUT2D eigenvalue weighted by molar-refractivity contribution is 5.76. The zero-order valence-electron chi connectivity index (χ0n) is 20.6. The second-order valence-corrected chi connectivity index (χ2v) is 9.11. The molecule has 0 saturated carbocycles. The molecule has 11 heteroatoms. The molecule has 5 heterocycles. The molecule has 3 aromatic rings. The highest BCUT2D eigenvalue weighted by Crippen LogP contribution is 2.36. The summed E-state index contributed by atoms with van der Waals surface area (Å²) in [5, 5.41) is 15.4. The molecule has 1 amide bonds. The molecular weight excluding hydrogens is 472 g/mol. The molecule has 3 aromatic heterocycles. The van der Waals surface area contributed by atoms with Gasteiger partial charge < -0.3 is 19.4 Å². The zero-order valence-corrected chi connectivity index (χ0v) is 20.6. The van der Waals surface area contributed by atoms with E-state index in [1.165, 1.54) is 0 Å². The van der Waals surface area contributed by atoms with Crippen LogP contribution in [-0.2, 0) is 16.1 Å². The summed E-state index contributed by atoms with van der Waals surface area (Å²) in [6.45, 7) is 5.65. The first-order chi connectivity index (χ1) is 18.0. The van der Waals surface area contributed by atoms with Crippen LogP contribution in [0.2, 0.25) is 0 Å². The van der Waals surface area contributed by atoms with Gasteiger partial charge in [-0.3, -0.25) is 14.6 Å². The third kappa shape index (κ3) is 5.15. The summed E-state index contributed by atoms with van der Waals surface area (Å²) in [6.07, 6.45) is 5.28. The summed E-state index contributed by atoms with van der Waals surface area (Å²) in [7, 11) is 0. The number of nitriles is 1. The number of carbonyl (C=O) groups excluding carboxylic acids is 1. The van der Waals surface area contributed by atoms with Crippen LogP contribution in [0.15, 0.2) is 47.7 Å². The van der Waals surface area contributed by atoms with Crippen molar-refractivity contribution in [2.24, 2.45) is 0 Å². The Hall–Kier alpha value is -4.30. The van der Waals surface area contributed by atoms with Gasteiger partial charge in [-0.15, -0.1) is 0 Å². The van der Waals surface area contributed by atoms with E-state index in [1.54, 1.807) is 31.6 Å². The summed E-state index contributed by atoms with van der Waals surface area (Å²) in [4.78, 5) is 39.9. The van der Waals surface area contributed by atoms with E-state index in [2.05, 4.69) is 36.0 Å². The Balaban J connectivity index is 1.14. The molecule has 0 aromatic carbocycles. The molecule has 1 fully saturated rings. The van der Waals surface area contributed by atoms with Gasteiger partial charge >= 0.3 is 0 Å². The van der Waals surface area contributed by atoms with Crippen molar-refractivity contribution in [2.75, 3.05) is 49.2 Å². The van der Waals surface area contributed by atoms with Gasteiger partial charge in [0.05, 0.1) is 48.8 Å².